The summed E-state index contributed by atoms with van der Waals surface area (Å²) in [5.74, 6) is 1.48. The molecule has 0 bridgehead atoms. The zero-order chi connectivity index (χ0) is 25.6. The van der Waals surface area contributed by atoms with E-state index in [0.29, 0.717) is 18.0 Å². The molecular formula is C28H34N6O3. The number of nitro benzene ring substituents is 1. The molecule has 1 aliphatic carbocycles. The number of nitro groups is 1. The summed E-state index contributed by atoms with van der Waals surface area (Å²) in [6.45, 7) is 1.86. The first-order valence-corrected chi connectivity index (χ1v) is 13.1. The highest BCUT2D eigenvalue weighted by molar-refractivity contribution is 5.61. The fourth-order valence-corrected chi connectivity index (χ4v) is 5.46. The average molecular weight is 503 g/mol. The largest absolute Gasteiger partial charge is 0.497 e. The Balaban J connectivity index is 1.23. The lowest BCUT2D eigenvalue weighted by Gasteiger charge is -2.40. The van der Waals surface area contributed by atoms with E-state index < -0.39 is 0 Å². The fraction of sp³-hybridized carbons (Fsp3) is 0.429. The number of benzene rings is 2. The number of piperidine rings is 1. The van der Waals surface area contributed by atoms with Crippen molar-refractivity contribution >= 4 is 17.3 Å². The normalized spacial score (nSPS) is 21.9. The van der Waals surface area contributed by atoms with E-state index in [0.717, 1.165) is 61.5 Å². The van der Waals surface area contributed by atoms with Gasteiger partial charge in [0.05, 0.1) is 17.7 Å². The van der Waals surface area contributed by atoms with Gasteiger partial charge in [0.2, 0.25) is 5.95 Å². The number of hydrogen-bond donors (Lipinski definition) is 2. The number of hydrogen-bond acceptors (Lipinski definition) is 8. The van der Waals surface area contributed by atoms with Crippen molar-refractivity contribution < 1.29 is 9.66 Å². The Morgan fingerprint density at radius 3 is 2.46 bits per heavy atom. The van der Waals surface area contributed by atoms with Crippen LogP contribution < -0.4 is 20.3 Å². The third-order valence-corrected chi connectivity index (χ3v) is 7.42. The van der Waals surface area contributed by atoms with Crippen molar-refractivity contribution in [1.82, 2.24) is 15.3 Å². The van der Waals surface area contributed by atoms with E-state index in [1.54, 1.807) is 19.2 Å². The third-order valence-electron chi connectivity index (χ3n) is 7.42. The Morgan fingerprint density at radius 1 is 0.973 bits per heavy atom. The number of nitrogens with one attached hydrogen (secondary N) is 2. The molecule has 194 valence electrons. The van der Waals surface area contributed by atoms with Crippen molar-refractivity contribution in [2.75, 3.05) is 30.4 Å². The Kier molecular flexibility index (Phi) is 7.79. The monoisotopic (exact) mass is 502 g/mol. The molecule has 2 fully saturated rings. The summed E-state index contributed by atoms with van der Waals surface area (Å²) >= 11 is 0. The smallest absolute Gasteiger partial charge is 0.269 e. The van der Waals surface area contributed by atoms with Gasteiger partial charge in [0.1, 0.15) is 5.75 Å². The maximum atomic E-state index is 11.0. The molecule has 9 heteroatoms. The minimum absolute atomic E-state index is 0.129. The molecule has 2 heterocycles. The van der Waals surface area contributed by atoms with Crippen molar-refractivity contribution in [3.8, 4) is 17.0 Å². The molecule has 1 aliphatic heterocycles. The van der Waals surface area contributed by atoms with Crippen LogP contribution in [0.1, 0.15) is 38.5 Å². The molecule has 0 radical (unpaired) electrons. The predicted molar refractivity (Wildman–Crippen MR) is 145 cm³/mol. The topological polar surface area (TPSA) is 105 Å². The summed E-state index contributed by atoms with van der Waals surface area (Å²) in [6.07, 6.45) is 8.61. The van der Waals surface area contributed by atoms with Crippen LogP contribution in [0.25, 0.3) is 11.3 Å². The minimum Gasteiger partial charge on any atom is -0.497 e. The molecule has 2 unspecified atom stereocenters. The number of methoxy groups -OCH3 is 1. The van der Waals surface area contributed by atoms with E-state index in [9.17, 15) is 10.1 Å². The van der Waals surface area contributed by atoms with Crippen LogP contribution in [-0.4, -0.2) is 53.2 Å². The van der Waals surface area contributed by atoms with Crippen LogP contribution in [0.4, 0.5) is 17.3 Å². The maximum absolute atomic E-state index is 11.0. The maximum Gasteiger partial charge on any atom is 0.269 e. The van der Waals surface area contributed by atoms with Crippen LogP contribution in [0.3, 0.4) is 0 Å². The molecule has 1 aromatic heterocycles. The number of non-ortho nitro benzene ring substituents is 1. The summed E-state index contributed by atoms with van der Waals surface area (Å²) in [5, 5.41) is 18.6. The molecule has 3 atom stereocenters. The van der Waals surface area contributed by atoms with Crippen LogP contribution in [0.15, 0.2) is 60.8 Å². The van der Waals surface area contributed by atoms with Gasteiger partial charge in [0, 0.05) is 60.8 Å². The molecule has 0 spiro atoms. The first-order chi connectivity index (χ1) is 18.1. The van der Waals surface area contributed by atoms with Crippen LogP contribution in [0.5, 0.6) is 5.75 Å². The number of aromatic nitrogens is 2. The number of anilines is 2. The molecule has 37 heavy (non-hydrogen) atoms. The van der Waals surface area contributed by atoms with E-state index in [1.807, 2.05) is 48.7 Å². The lowest BCUT2D eigenvalue weighted by atomic mass is 9.89. The highest BCUT2D eigenvalue weighted by Crippen LogP contribution is 2.27. The third kappa shape index (κ3) is 6.17. The fourth-order valence-electron chi connectivity index (χ4n) is 5.46. The lowest BCUT2D eigenvalue weighted by molar-refractivity contribution is -0.384. The van der Waals surface area contributed by atoms with Crippen LogP contribution in [0.2, 0.25) is 0 Å². The molecule has 2 N–H and O–H groups in total. The zero-order valence-electron chi connectivity index (χ0n) is 21.2. The Hall–Kier alpha value is -3.72. The van der Waals surface area contributed by atoms with Crippen molar-refractivity contribution in [3.63, 3.8) is 0 Å². The molecular weight excluding hydrogens is 468 g/mol. The molecule has 1 saturated heterocycles. The van der Waals surface area contributed by atoms with Crippen molar-refractivity contribution in [2.45, 2.75) is 56.7 Å². The number of ether oxygens (including phenoxy) is 1. The number of rotatable bonds is 8. The molecule has 3 aromatic rings. The minimum atomic E-state index is -0.350. The van der Waals surface area contributed by atoms with E-state index in [-0.39, 0.29) is 16.7 Å². The predicted octanol–water partition coefficient (Wildman–Crippen LogP) is 5.04. The van der Waals surface area contributed by atoms with Crippen LogP contribution >= 0.6 is 0 Å². The first-order valence-electron chi connectivity index (χ1n) is 13.1. The number of nitrogens with zero attached hydrogens (tertiary/aromatic N) is 4. The van der Waals surface area contributed by atoms with Gasteiger partial charge in [-0.05, 0) is 68.1 Å². The van der Waals surface area contributed by atoms with Gasteiger partial charge in [-0.2, -0.15) is 0 Å². The average Bonchev–Trinajstić information content (AvgIpc) is 2.94. The second-order valence-corrected chi connectivity index (χ2v) is 9.86. The summed E-state index contributed by atoms with van der Waals surface area (Å²) in [4.78, 5) is 22.3. The summed E-state index contributed by atoms with van der Waals surface area (Å²) < 4.78 is 5.27. The van der Waals surface area contributed by atoms with Crippen molar-refractivity contribution in [2.24, 2.45) is 0 Å². The van der Waals surface area contributed by atoms with Crippen LogP contribution in [0, 0.1) is 10.1 Å². The Morgan fingerprint density at radius 2 is 1.73 bits per heavy atom. The van der Waals surface area contributed by atoms with Crippen molar-refractivity contribution in [1.29, 1.82) is 0 Å². The summed E-state index contributed by atoms with van der Waals surface area (Å²) in [7, 11) is 1.66. The highest BCUT2D eigenvalue weighted by atomic mass is 16.6. The SMILES string of the molecule is COc1ccc(-c2ccnc(NC3CCCCC3N[C@H]3CCCN(c4ccc([N+](=O)[O-])cc4)C3)n2)cc1. The zero-order valence-corrected chi connectivity index (χ0v) is 21.2. The molecule has 2 aliphatic rings. The lowest BCUT2D eigenvalue weighted by Crippen LogP contribution is -2.55. The highest BCUT2D eigenvalue weighted by Gasteiger charge is 2.30. The Bertz CT molecular complexity index is 1190. The van der Waals surface area contributed by atoms with E-state index in [4.69, 9.17) is 9.72 Å². The van der Waals surface area contributed by atoms with Gasteiger partial charge in [-0.1, -0.05) is 12.8 Å². The standard InChI is InChI=1S/C28H34N6O3/c1-37-24-14-8-20(9-15-24)25-16-17-29-28(31-25)32-27-7-3-2-6-26(27)30-21-5-4-18-33(19-21)22-10-12-23(13-11-22)34(35)36/h8-17,21,26-27,30H,2-7,18-19H2,1H3,(H,29,31,32)/t21-,26?,27?/m0/s1. The van der Waals surface area contributed by atoms with Gasteiger partial charge in [0.25, 0.3) is 5.69 Å². The van der Waals surface area contributed by atoms with Gasteiger partial charge >= 0.3 is 0 Å². The molecule has 2 aromatic carbocycles. The van der Waals surface area contributed by atoms with Gasteiger partial charge in [0.15, 0.2) is 0 Å². The quantitative estimate of drug-likeness (QED) is 0.326. The van der Waals surface area contributed by atoms with Gasteiger partial charge in [-0.3, -0.25) is 10.1 Å². The molecule has 1 saturated carbocycles. The molecule has 9 nitrogen and oxygen atoms in total. The van der Waals surface area contributed by atoms with Gasteiger partial charge < -0.3 is 20.3 Å². The van der Waals surface area contributed by atoms with Crippen molar-refractivity contribution in [3.05, 3.63) is 70.9 Å². The Labute approximate surface area is 217 Å². The van der Waals surface area contributed by atoms with E-state index >= 15 is 0 Å². The van der Waals surface area contributed by atoms with E-state index in [2.05, 4.69) is 20.5 Å². The second kappa shape index (κ2) is 11.6. The second-order valence-electron chi connectivity index (χ2n) is 9.86. The van der Waals surface area contributed by atoms with E-state index in [1.165, 1.54) is 12.8 Å². The van der Waals surface area contributed by atoms with Crippen LogP contribution in [-0.2, 0) is 0 Å². The summed E-state index contributed by atoms with van der Waals surface area (Å²) in [6, 6.07) is 17.7. The van der Waals surface area contributed by atoms with Gasteiger partial charge in [-0.25, -0.2) is 9.97 Å². The molecule has 0 amide bonds. The van der Waals surface area contributed by atoms with Gasteiger partial charge in [-0.15, -0.1) is 0 Å². The first kappa shape index (κ1) is 25.0. The molecule has 5 rings (SSSR count). The summed E-state index contributed by atoms with van der Waals surface area (Å²) in [5.41, 5.74) is 3.08.